The Labute approximate surface area is 233 Å². The number of ether oxygens (including phenoxy) is 2. The Kier molecular flexibility index (Phi) is 9.81. The molecule has 0 spiro atoms. The van der Waals surface area contributed by atoms with Gasteiger partial charge in [-0.25, -0.2) is 4.79 Å². The normalized spacial score (nSPS) is 15.4. The average molecular weight is 552 g/mol. The van der Waals surface area contributed by atoms with Crippen LogP contribution >= 0.6 is 11.6 Å². The first-order valence-corrected chi connectivity index (χ1v) is 13.4. The van der Waals surface area contributed by atoms with Crippen molar-refractivity contribution in [2.24, 2.45) is 0 Å². The van der Waals surface area contributed by atoms with Crippen molar-refractivity contribution < 1.29 is 24.2 Å². The molecule has 3 N–H and O–H groups in total. The maximum absolute atomic E-state index is 12.9. The second kappa shape index (κ2) is 13.5. The summed E-state index contributed by atoms with van der Waals surface area (Å²) in [5, 5.41) is 15.5. The molecule has 0 aromatic heterocycles. The number of likely N-dealkylation sites (tertiary alicyclic amines) is 1. The maximum atomic E-state index is 12.9. The number of aryl methyl sites for hydroxylation is 1. The number of rotatable bonds is 9. The summed E-state index contributed by atoms with van der Waals surface area (Å²) in [4.78, 5) is 27.6. The van der Waals surface area contributed by atoms with Gasteiger partial charge in [-0.3, -0.25) is 15.0 Å². The molecule has 1 atom stereocenters. The van der Waals surface area contributed by atoms with E-state index in [2.05, 4.69) is 15.5 Å². The summed E-state index contributed by atoms with van der Waals surface area (Å²) in [5.41, 5.74) is 4.27. The smallest absolute Gasteiger partial charge is 0.413 e. The first-order chi connectivity index (χ1) is 18.9. The van der Waals surface area contributed by atoms with Crippen molar-refractivity contribution in [3.63, 3.8) is 0 Å². The first-order valence-electron chi connectivity index (χ1n) is 13.0. The first kappa shape index (κ1) is 28.4. The molecule has 3 aromatic rings. The highest BCUT2D eigenvalue weighted by molar-refractivity contribution is 6.33. The number of anilines is 2. The number of aliphatic hydroxyl groups is 1. The standard InChI is InChI=1S/C30H34ClN3O5/c1-34-15-7-6-10-29(34)39-30(37)33-25-16-20(11-13-23(25)21-8-4-3-5-9-21)12-14-28(36)32-26-18-27(38-2)22(19-35)17-24(26)31/h3-5,8-9,11,13,16-18,29,35H,6-7,10,12,14-15,19H2,1-2H3,(H,32,36)(H,33,37). The fourth-order valence-electron chi connectivity index (χ4n) is 4.65. The molecule has 3 aromatic carbocycles. The van der Waals surface area contributed by atoms with E-state index in [0.717, 1.165) is 42.5 Å². The molecule has 0 radical (unpaired) electrons. The monoisotopic (exact) mass is 551 g/mol. The van der Waals surface area contributed by atoms with Crippen molar-refractivity contribution in [1.29, 1.82) is 0 Å². The van der Waals surface area contributed by atoms with Gasteiger partial charge in [0.05, 0.1) is 30.1 Å². The van der Waals surface area contributed by atoms with E-state index in [4.69, 9.17) is 21.1 Å². The highest BCUT2D eigenvalue weighted by atomic mass is 35.5. The van der Waals surface area contributed by atoms with Crippen LogP contribution in [0, 0.1) is 0 Å². The number of amides is 2. The molecule has 1 heterocycles. The molecule has 8 nitrogen and oxygen atoms in total. The molecular formula is C30H34ClN3O5. The van der Waals surface area contributed by atoms with Crippen LogP contribution in [-0.2, 0) is 22.6 Å². The van der Waals surface area contributed by atoms with Crippen LogP contribution in [0.2, 0.25) is 5.02 Å². The number of nitrogens with zero attached hydrogens (tertiary/aromatic N) is 1. The molecule has 1 unspecified atom stereocenters. The van der Waals surface area contributed by atoms with Crippen LogP contribution in [-0.4, -0.2) is 48.9 Å². The predicted octanol–water partition coefficient (Wildman–Crippen LogP) is 6.07. The van der Waals surface area contributed by atoms with E-state index in [1.54, 1.807) is 12.1 Å². The van der Waals surface area contributed by atoms with E-state index < -0.39 is 6.09 Å². The summed E-state index contributed by atoms with van der Waals surface area (Å²) in [6, 6.07) is 18.7. The SMILES string of the molecule is COc1cc(NC(=O)CCc2ccc(-c3ccccc3)c(NC(=O)OC3CCCCN3C)c2)c(Cl)cc1CO. The maximum Gasteiger partial charge on any atom is 0.413 e. The molecule has 0 saturated carbocycles. The average Bonchev–Trinajstić information content (AvgIpc) is 2.94. The van der Waals surface area contributed by atoms with Gasteiger partial charge in [0.1, 0.15) is 5.75 Å². The zero-order valence-corrected chi connectivity index (χ0v) is 23.0. The van der Waals surface area contributed by atoms with E-state index in [9.17, 15) is 14.7 Å². The Morgan fingerprint density at radius 3 is 2.56 bits per heavy atom. The van der Waals surface area contributed by atoms with Gasteiger partial charge in [0, 0.05) is 30.2 Å². The lowest BCUT2D eigenvalue weighted by molar-refractivity contribution is -0.116. The zero-order valence-electron chi connectivity index (χ0n) is 22.2. The molecule has 9 heteroatoms. The third-order valence-electron chi connectivity index (χ3n) is 6.81. The lowest BCUT2D eigenvalue weighted by Gasteiger charge is -2.31. The van der Waals surface area contributed by atoms with Crippen molar-refractivity contribution >= 4 is 35.0 Å². The molecule has 206 valence electrons. The highest BCUT2D eigenvalue weighted by Gasteiger charge is 2.23. The number of benzene rings is 3. The third-order valence-corrected chi connectivity index (χ3v) is 7.12. The minimum atomic E-state index is -0.504. The number of piperidine rings is 1. The number of methoxy groups -OCH3 is 1. The lowest BCUT2D eigenvalue weighted by atomic mass is 9.99. The van der Waals surface area contributed by atoms with Crippen LogP contribution in [0.25, 0.3) is 11.1 Å². The van der Waals surface area contributed by atoms with Crippen molar-refractivity contribution in [3.05, 3.63) is 76.8 Å². The molecule has 39 heavy (non-hydrogen) atoms. The number of hydrogen-bond acceptors (Lipinski definition) is 6. The summed E-state index contributed by atoms with van der Waals surface area (Å²) < 4.78 is 11.0. The molecule has 0 bridgehead atoms. The molecule has 0 aliphatic carbocycles. The number of hydrogen-bond donors (Lipinski definition) is 3. The Morgan fingerprint density at radius 2 is 1.85 bits per heavy atom. The van der Waals surface area contributed by atoms with E-state index >= 15 is 0 Å². The second-order valence-corrected chi connectivity index (χ2v) is 9.96. The largest absolute Gasteiger partial charge is 0.496 e. The fraction of sp³-hybridized carbons (Fsp3) is 0.333. The van der Waals surface area contributed by atoms with Crippen LogP contribution < -0.4 is 15.4 Å². The Bertz CT molecular complexity index is 1300. The molecule has 1 aliphatic heterocycles. The lowest BCUT2D eigenvalue weighted by Crippen LogP contribution is -2.40. The van der Waals surface area contributed by atoms with Crippen molar-refractivity contribution in [2.45, 2.75) is 44.9 Å². The number of aliphatic hydroxyl groups excluding tert-OH is 1. The van der Waals surface area contributed by atoms with Crippen LogP contribution in [0.5, 0.6) is 5.75 Å². The van der Waals surface area contributed by atoms with Crippen molar-refractivity contribution in [1.82, 2.24) is 4.90 Å². The van der Waals surface area contributed by atoms with Gasteiger partial charge >= 0.3 is 6.09 Å². The molecular weight excluding hydrogens is 518 g/mol. The summed E-state index contributed by atoms with van der Waals surface area (Å²) in [6.07, 6.45) is 2.82. The van der Waals surface area contributed by atoms with Crippen LogP contribution in [0.4, 0.5) is 16.2 Å². The molecule has 1 saturated heterocycles. The number of carbonyl (C=O) groups is 2. The summed E-state index contributed by atoms with van der Waals surface area (Å²) in [5.74, 6) is 0.216. The molecule has 1 fully saturated rings. The predicted molar refractivity (Wildman–Crippen MR) is 153 cm³/mol. The Hall–Kier alpha value is -3.59. The van der Waals surface area contributed by atoms with Gasteiger partial charge in [0.2, 0.25) is 5.91 Å². The Morgan fingerprint density at radius 1 is 1.05 bits per heavy atom. The molecule has 2 amide bonds. The molecule has 1 aliphatic rings. The second-order valence-electron chi connectivity index (χ2n) is 9.56. The van der Waals surface area contributed by atoms with E-state index in [0.29, 0.717) is 34.1 Å². The van der Waals surface area contributed by atoms with Crippen LogP contribution in [0.15, 0.2) is 60.7 Å². The summed E-state index contributed by atoms with van der Waals surface area (Å²) >= 11 is 6.29. The minimum Gasteiger partial charge on any atom is -0.496 e. The van der Waals surface area contributed by atoms with Gasteiger partial charge in [-0.05, 0) is 56.0 Å². The van der Waals surface area contributed by atoms with Crippen LogP contribution in [0.3, 0.4) is 0 Å². The van der Waals surface area contributed by atoms with Gasteiger partial charge in [-0.1, -0.05) is 54.1 Å². The van der Waals surface area contributed by atoms with E-state index in [1.165, 1.54) is 7.11 Å². The van der Waals surface area contributed by atoms with E-state index in [-0.39, 0.29) is 25.2 Å². The van der Waals surface area contributed by atoms with Gasteiger partial charge < -0.3 is 19.9 Å². The van der Waals surface area contributed by atoms with Gasteiger partial charge in [-0.2, -0.15) is 0 Å². The van der Waals surface area contributed by atoms with Crippen molar-refractivity contribution in [2.75, 3.05) is 31.3 Å². The third kappa shape index (κ3) is 7.50. The number of halogens is 1. The Balaban J connectivity index is 1.46. The highest BCUT2D eigenvalue weighted by Crippen LogP contribution is 2.32. The zero-order chi connectivity index (χ0) is 27.8. The van der Waals surface area contributed by atoms with Crippen LogP contribution in [0.1, 0.15) is 36.8 Å². The summed E-state index contributed by atoms with van der Waals surface area (Å²) in [7, 11) is 3.45. The topological polar surface area (TPSA) is 100 Å². The molecule has 4 rings (SSSR count). The quantitative estimate of drug-likeness (QED) is 0.298. The fourth-order valence-corrected chi connectivity index (χ4v) is 4.88. The van der Waals surface area contributed by atoms with E-state index in [1.807, 2.05) is 55.6 Å². The van der Waals surface area contributed by atoms with Gasteiger partial charge in [-0.15, -0.1) is 0 Å². The number of nitrogens with one attached hydrogen (secondary N) is 2. The van der Waals surface area contributed by atoms with Gasteiger partial charge in [0.25, 0.3) is 0 Å². The summed E-state index contributed by atoms with van der Waals surface area (Å²) in [6.45, 7) is 0.672. The van der Waals surface area contributed by atoms with Gasteiger partial charge in [0.15, 0.2) is 6.23 Å². The number of carbonyl (C=O) groups excluding carboxylic acids is 2. The van der Waals surface area contributed by atoms with Crippen molar-refractivity contribution in [3.8, 4) is 16.9 Å². The minimum absolute atomic E-state index is 0.196.